The van der Waals surface area contributed by atoms with Gasteiger partial charge >= 0.3 is 0 Å². The summed E-state index contributed by atoms with van der Waals surface area (Å²) < 4.78 is 5.88. The van der Waals surface area contributed by atoms with Crippen molar-refractivity contribution in [1.82, 2.24) is 0 Å². The standard InChI is InChI=1S/C11H10N2O3S/c14-13(15)7-2-3-9-8(6-7)12-10(17)11(16-9)4-1-5-11/h2-3,6H,1,4-5H2,(H,12,17). The van der Waals surface area contributed by atoms with Crippen LogP contribution in [0.1, 0.15) is 19.3 Å². The topological polar surface area (TPSA) is 64.4 Å². The van der Waals surface area contributed by atoms with E-state index in [1.165, 1.54) is 12.1 Å². The van der Waals surface area contributed by atoms with Gasteiger partial charge in [-0.3, -0.25) is 10.1 Å². The van der Waals surface area contributed by atoms with Crippen molar-refractivity contribution in [1.29, 1.82) is 0 Å². The van der Waals surface area contributed by atoms with Crippen molar-refractivity contribution in [2.45, 2.75) is 24.9 Å². The van der Waals surface area contributed by atoms with E-state index < -0.39 is 4.92 Å². The van der Waals surface area contributed by atoms with Crippen molar-refractivity contribution in [3.8, 4) is 5.75 Å². The SMILES string of the molecule is O=[N+]([O-])c1ccc2c(c1)NC(=S)C1(CCC1)O2. The molecule has 1 aromatic rings. The van der Waals surface area contributed by atoms with Crippen molar-refractivity contribution in [3.05, 3.63) is 28.3 Å². The predicted molar refractivity (Wildman–Crippen MR) is 66.5 cm³/mol. The largest absolute Gasteiger partial charge is 0.478 e. The summed E-state index contributed by atoms with van der Waals surface area (Å²) in [6, 6.07) is 4.52. The van der Waals surface area contributed by atoms with Gasteiger partial charge in [0, 0.05) is 12.1 Å². The van der Waals surface area contributed by atoms with E-state index in [0.717, 1.165) is 19.3 Å². The van der Waals surface area contributed by atoms with Crippen molar-refractivity contribution in [2.24, 2.45) is 0 Å². The molecule has 1 spiro atoms. The zero-order chi connectivity index (χ0) is 12.0. The van der Waals surface area contributed by atoms with E-state index in [-0.39, 0.29) is 11.3 Å². The van der Waals surface area contributed by atoms with Gasteiger partial charge in [0.25, 0.3) is 5.69 Å². The summed E-state index contributed by atoms with van der Waals surface area (Å²) in [6.45, 7) is 0. The van der Waals surface area contributed by atoms with Crippen LogP contribution in [0.4, 0.5) is 11.4 Å². The minimum absolute atomic E-state index is 0.0345. The van der Waals surface area contributed by atoms with E-state index >= 15 is 0 Å². The van der Waals surface area contributed by atoms with E-state index in [4.69, 9.17) is 17.0 Å². The molecule has 1 aliphatic carbocycles. The maximum Gasteiger partial charge on any atom is 0.271 e. The zero-order valence-corrected chi connectivity index (χ0v) is 9.75. The van der Waals surface area contributed by atoms with Crippen LogP contribution in [0.2, 0.25) is 0 Å². The third-order valence-electron chi connectivity index (χ3n) is 3.30. The van der Waals surface area contributed by atoms with Gasteiger partial charge in [-0.2, -0.15) is 0 Å². The van der Waals surface area contributed by atoms with Gasteiger partial charge in [-0.25, -0.2) is 0 Å². The summed E-state index contributed by atoms with van der Waals surface area (Å²) in [7, 11) is 0. The number of fused-ring (bicyclic) bond motifs is 1. The number of ether oxygens (including phenoxy) is 1. The number of anilines is 1. The Labute approximate surface area is 103 Å². The van der Waals surface area contributed by atoms with Gasteiger partial charge in [-0.1, -0.05) is 12.2 Å². The molecule has 2 aliphatic rings. The smallest absolute Gasteiger partial charge is 0.271 e. The first-order chi connectivity index (χ1) is 8.11. The highest BCUT2D eigenvalue weighted by Gasteiger charge is 2.46. The first-order valence-corrected chi connectivity index (χ1v) is 5.80. The molecule has 17 heavy (non-hydrogen) atoms. The van der Waals surface area contributed by atoms with Crippen LogP contribution < -0.4 is 10.1 Å². The van der Waals surface area contributed by atoms with Crippen LogP contribution in [0.3, 0.4) is 0 Å². The molecule has 0 radical (unpaired) electrons. The Balaban J connectivity index is 1.99. The number of nitro benzene ring substituents is 1. The lowest BCUT2D eigenvalue weighted by Crippen LogP contribution is -2.54. The highest BCUT2D eigenvalue weighted by molar-refractivity contribution is 7.80. The molecule has 3 rings (SSSR count). The van der Waals surface area contributed by atoms with Gasteiger partial charge in [0.1, 0.15) is 10.7 Å². The molecule has 0 aromatic heterocycles. The molecular formula is C11H10N2O3S. The third kappa shape index (κ3) is 1.48. The van der Waals surface area contributed by atoms with Crippen LogP contribution in [0.5, 0.6) is 5.75 Å². The number of nitrogens with zero attached hydrogens (tertiary/aromatic N) is 1. The van der Waals surface area contributed by atoms with Crippen LogP contribution in [-0.2, 0) is 0 Å². The monoisotopic (exact) mass is 250 g/mol. The molecule has 1 heterocycles. The van der Waals surface area contributed by atoms with Crippen LogP contribution >= 0.6 is 12.2 Å². The molecule has 6 heteroatoms. The molecule has 88 valence electrons. The number of nitro groups is 1. The van der Waals surface area contributed by atoms with E-state index in [0.29, 0.717) is 16.4 Å². The van der Waals surface area contributed by atoms with E-state index in [1.807, 2.05) is 0 Å². The second-order valence-electron chi connectivity index (χ2n) is 4.34. The predicted octanol–water partition coefficient (Wildman–Crippen LogP) is 2.65. The molecule has 0 unspecified atom stereocenters. The van der Waals surface area contributed by atoms with Gasteiger partial charge in [-0.05, 0) is 25.3 Å². The average molecular weight is 250 g/mol. The summed E-state index contributed by atoms with van der Waals surface area (Å²) in [5.74, 6) is 0.643. The van der Waals surface area contributed by atoms with Gasteiger partial charge in [0.2, 0.25) is 0 Å². The lowest BCUT2D eigenvalue weighted by molar-refractivity contribution is -0.384. The lowest BCUT2D eigenvalue weighted by Gasteiger charge is -2.45. The van der Waals surface area contributed by atoms with Crippen molar-refractivity contribution >= 4 is 28.6 Å². The molecule has 1 saturated carbocycles. The normalized spacial score (nSPS) is 19.9. The number of benzene rings is 1. The number of non-ortho nitro benzene ring substituents is 1. The molecule has 0 atom stereocenters. The van der Waals surface area contributed by atoms with Crippen LogP contribution in [-0.4, -0.2) is 15.5 Å². The second-order valence-corrected chi connectivity index (χ2v) is 4.75. The van der Waals surface area contributed by atoms with Gasteiger partial charge in [-0.15, -0.1) is 0 Å². The quantitative estimate of drug-likeness (QED) is 0.471. The molecule has 1 N–H and O–H groups in total. The molecule has 1 aliphatic heterocycles. The van der Waals surface area contributed by atoms with E-state index in [1.54, 1.807) is 6.07 Å². The molecular weight excluding hydrogens is 240 g/mol. The summed E-state index contributed by atoms with van der Waals surface area (Å²) in [4.78, 5) is 10.9. The molecule has 0 saturated heterocycles. The van der Waals surface area contributed by atoms with Crippen molar-refractivity contribution in [2.75, 3.05) is 5.32 Å². The second kappa shape index (κ2) is 3.40. The maximum atomic E-state index is 10.7. The highest BCUT2D eigenvalue weighted by Crippen LogP contribution is 2.44. The number of hydrogen-bond acceptors (Lipinski definition) is 4. The Bertz CT molecular complexity index is 525. The van der Waals surface area contributed by atoms with E-state index in [9.17, 15) is 10.1 Å². The van der Waals surface area contributed by atoms with E-state index in [2.05, 4.69) is 5.32 Å². The van der Waals surface area contributed by atoms with Gasteiger partial charge in [0.05, 0.1) is 10.6 Å². The fourth-order valence-electron chi connectivity index (χ4n) is 2.14. The highest BCUT2D eigenvalue weighted by atomic mass is 32.1. The van der Waals surface area contributed by atoms with Crippen LogP contribution in [0.25, 0.3) is 0 Å². The first kappa shape index (κ1) is 10.5. The molecule has 1 fully saturated rings. The molecule has 1 aromatic carbocycles. The Morgan fingerprint density at radius 3 is 2.82 bits per heavy atom. The summed E-state index contributed by atoms with van der Waals surface area (Å²) in [5, 5.41) is 13.7. The van der Waals surface area contributed by atoms with Crippen molar-refractivity contribution in [3.63, 3.8) is 0 Å². The number of rotatable bonds is 1. The fraction of sp³-hybridized carbons (Fsp3) is 0.364. The summed E-state index contributed by atoms with van der Waals surface area (Å²) >= 11 is 5.27. The van der Waals surface area contributed by atoms with Crippen LogP contribution in [0.15, 0.2) is 18.2 Å². The molecule has 0 amide bonds. The van der Waals surface area contributed by atoms with Crippen molar-refractivity contribution < 1.29 is 9.66 Å². The summed E-state index contributed by atoms with van der Waals surface area (Å²) in [6.07, 6.45) is 2.93. The zero-order valence-electron chi connectivity index (χ0n) is 8.93. The fourth-order valence-corrected chi connectivity index (χ4v) is 2.49. The Hall–Kier alpha value is -1.69. The molecule has 5 nitrogen and oxygen atoms in total. The van der Waals surface area contributed by atoms with Gasteiger partial charge < -0.3 is 10.1 Å². The Morgan fingerprint density at radius 2 is 2.24 bits per heavy atom. The number of hydrogen-bond donors (Lipinski definition) is 1. The minimum atomic E-state index is -0.432. The molecule has 0 bridgehead atoms. The summed E-state index contributed by atoms with van der Waals surface area (Å²) in [5.41, 5.74) is 0.257. The third-order valence-corrected chi connectivity index (χ3v) is 3.78. The number of nitrogens with one attached hydrogen (secondary N) is 1. The first-order valence-electron chi connectivity index (χ1n) is 5.40. The minimum Gasteiger partial charge on any atom is -0.478 e. The number of thiocarbonyl (C=S) groups is 1. The van der Waals surface area contributed by atoms with Gasteiger partial charge in [0.15, 0.2) is 5.60 Å². The van der Waals surface area contributed by atoms with Crippen LogP contribution in [0, 0.1) is 10.1 Å². The average Bonchev–Trinajstić information content (AvgIpc) is 2.25. The Kier molecular flexibility index (Phi) is 2.09. The maximum absolute atomic E-state index is 10.7. The Morgan fingerprint density at radius 1 is 1.47 bits per heavy atom. The lowest BCUT2D eigenvalue weighted by atomic mass is 9.79.